The average molecular weight is 688 g/mol. The average Bonchev–Trinajstić information content (AvgIpc) is 3.64. The number of halogens is 2. The van der Waals surface area contributed by atoms with Crippen molar-refractivity contribution >= 4 is 22.8 Å². The van der Waals surface area contributed by atoms with Crippen LogP contribution in [0.1, 0.15) is 56.5 Å². The molecule has 0 nitrogen and oxygen atoms in total. The largest absolute Gasteiger partial charge is 3.00 e. The van der Waals surface area contributed by atoms with Gasteiger partial charge < -0.3 is 24.8 Å². The Bertz CT molecular complexity index is 2100. The van der Waals surface area contributed by atoms with Crippen molar-refractivity contribution in [3.05, 3.63) is 186 Å². The Morgan fingerprint density at radius 3 is 1.91 bits per heavy atom. The van der Waals surface area contributed by atoms with Crippen LogP contribution in [0.15, 0.2) is 115 Å². The number of fused-ring (bicyclic) bond motifs is 2. The van der Waals surface area contributed by atoms with Crippen molar-refractivity contribution in [2.24, 2.45) is 0 Å². The summed E-state index contributed by atoms with van der Waals surface area (Å²) in [6.07, 6.45) is 9.45. The number of aryl methyl sites for hydroxylation is 1. The standard InChI is InChI=1S/C41H33.2ClH.Zr/c1-26-24-38(29(4)28(3)27(26)2)34-20-13-21-36(34)41-37(23-22-35-33-19-12-11-18-32(33)25-39(35)41)40(30-14-7-5-8-15-30)31-16-9-6-10-17-31;;;/h5-20,22-24H,21H2,1-4H3;2*1H;/q-1;;;+3/p-2. The summed E-state index contributed by atoms with van der Waals surface area (Å²) in [5, 5.41) is 4.97. The van der Waals surface area contributed by atoms with Gasteiger partial charge in [-0.05, 0) is 89.4 Å². The molecular formula is C41H33Cl2Zr. The van der Waals surface area contributed by atoms with E-state index < -0.39 is 0 Å². The number of benzene rings is 5. The minimum absolute atomic E-state index is 0. The van der Waals surface area contributed by atoms with Gasteiger partial charge in [0.25, 0.3) is 0 Å². The Morgan fingerprint density at radius 1 is 0.636 bits per heavy atom. The van der Waals surface area contributed by atoms with Gasteiger partial charge in [0.1, 0.15) is 0 Å². The summed E-state index contributed by atoms with van der Waals surface area (Å²) in [4.78, 5) is 0. The third-order valence-electron chi connectivity index (χ3n) is 9.08. The zero-order valence-corrected chi connectivity index (χ0v) is 29.4. The van der Waals surface area contributed by atoms with Gasteiger partial charge in [-0.2, -0.15) is 0 Å². The SMILES string of the molecule is Cc1cc(C2=C(c3c4c(ccc3=C(c3ccccc3)c3ccccc3)=c3ccccc3=[C-]4)CC=C2)c(C)c(C)c1C.[Cl-].[Cl-].[Zr+3]. The molecule has 0 unspecified atom stereocenters. The molecule has 5 aromatic rings. The van der Waals surface area contributed by atoms with E-state index in [0.29, 0.717) is 0 Å². The molecule has 0 bridgehead atoms. The summed E-state index contributed by atoms with van der Waals surface area (Å²) in [5.41, 5.74) is 15.8. The smallest absolute Gasteiger partial charge is 1.00 e. The van der Waals surface area contributed by atoms with Crippen LogP contribution < -0.4 is 35.3 Å². The van der Waals surface area contributed by atoms with E-state index in [0.717, 1.165) is 6.42 Å². The zero-order valence-electron chi connectivity index (χ0n) is 25.4. The second-order valence-corrected chi connectivity index (χ2v) is 11.3. The molecular weight excluding hydrogens is 655 g/mol. The van der Waals surface area contributed by atoms with E-state index in [1.807, 2.05) is 0 Å². The molecule has 0 fully saturated rings. The molecule has 7 rings (SSSR count). The van der Waals surface area contributed by atoms with Crippen molar-refractivity contribution in [1.82, 2.24) is 0 Å². The zero-order chi connectivity index (χ0) is 28.1. The van der Waals surface area contributed by atoms with Gasteiger partial charge in [-0.15, -0.1) is 33.4 Å². The first-order valence-corrected chi connectivity index (χ1v) is 14.5. The van der Waals surface area contributed by atoms with Crippen LogP contribution in [-0.4, -0.2) is 0 Å². The van der Waals surface area contributed by atoms with Gasteiger partial charge in [-0.1, -0.05) is 120 Å². The van der Waals surface area contributed by atoms with Crippen LogP contribution in [0.5, 0.6) is 0 Å². The summed E-state index contributed by atoms with van der Waals surface area (Å²) < 4.78 is 0. The fraction of sp³-hybridized carbons (Fsp3) is 0.122. The van der Waals surface area contributed by atoms with Crippen LogP contribution in [-0.2, 0) is 26.2 Å². The van der Waals surface area contributed by atoms with Crippen LogP contribution in [0, 0.1) is 38.1 Å². The number of hydrogen-bond donors (Lipinski definition) is 0. The van der Waals surface area contributed by atoms with Crippen LogP contribution in [0.3, 0.4) is 0 Å². The Labute approximate surface area is 292 Å². The van der Waals surface area contributed by atoms with Gasteiger partial charge >= 0.3 is 26.2 Å². The Morgan fingerprint density at radius 2 is 1.25 bits per heavy atom. The maximum Gasteiger partial charge on any atom is 3.00 e. The van der Waals surface area contributed by atoms with Gasteiger partial charge in [-0.3, -0.25) is 0 Å². The molecule has 1 radical (unpaired) electrons. The van der Waals surface area contributed by atoms with E-state index in [-0.39, 0.29) is 51.0 Å². The molecule has 2 aliphatic rings. The van der Waals surface area contributed by atoms with Gasteiger partial charge in [0, 0.05) is 0 Å². The second-order valence-electron chi connectivity index (χ2n) is 11.3. The first-order chi connectivity index (χ1) is 20.0. The van der Waals surface area contributed by atoms with Crippen LogP contribution >= 0.6 is 0 Å². The van der Waals surface area contributed by atoms with Gasteiger partial charge in [-0.25, -0.2) is 0 Å². The predicted octanol–water partition coefficient (Wildman–Crippen LogP) is 2.35. The minimum Gasteiger partial charge on any atom is -1.00 e. The van der Waals surface area contributed by atoms with Crippen LogP contribution in [0.2, 0.25) is 0 Å². The molecule has 0 atom stereocenters. The normalized spacial score (nSPS) is 12.4. The molecule has 2 aliphatic carbocycles. The Hall–Kier alpha value is -3.22. The maximum atomic E-state index is 3.86. The van der Waals surface area contributed by atoms with E-state index in [1.165, 1.54) is 87.7 Å². The molecule has 3 heteroatoms. The molecule has 0 aromatic heterocycles. The molecule has 0 saturated heterocycles. The summed E-state index contributed by atoms with van der Waals surface area (Å²) in [7, 11) is 0. The molecule has 5 aromatic carbocycles. The summed E-state index contributed by atoms with van der Waals surface area (Å²) in [5.74, 6) is 0. The molecule has 0 amide bonds. The predicted molar refractivity (Wildman–Crippen MR) is 173 cm³/mol. The maximum absolute atomic E-state index is 3.86. The Kier molecular flexibility index (Phi) is 10.6. The van der Waals surface area contributed by atoms with Crippen molar-refractivity contribution in [3.63, 3.8) is 0 Å². The molecule has 0 heterocycles. The van der Waals surface area contributed by atoms with Crippen molar-refractivity contribution in [2.45, 2.75) is 34.1 Å². The molecule has 0 aliphatic heterocycles. The van der Waals surface area contributed by atoms with Crippen LogP contribution in [0.25, 0.3) is 22.8 Å². The summed E-state index contributed by atoms with van der Waals surface area (Å²) in [6.45, 7) is 9.03. The molecule has 0 spiro atoms. The quantitative estimate of drug-likeness (QED) is 0.250. The molecule has 0 saturated carbocycles. The fourth-order valence-corrected chi connectivity index (χ4v) is 6.61. The van der Waals surface area contributed by atoms with Crippen molar-refractivity contribution < 1.29 is 51.0 Å². The topological polar surface area (TPSA) is 0 Å². The second kappa shape index (κ2) is 13.8. The van der Waals surface area contributed by atoms with Gasteiger partial charge in [0.15, 0.2) is 0 Å². The van der Waals surface area contributed by atoms with E-state index in [4.69, 9.17) is 0 Å². The minimum atomic E-state index is 0. The number of allylic oxidation sites excluding steroid dienone is 4. The molecule has 0 N–H and O–H groups in total. The van der Waals surface area contributed by atoms with Crippen molar-refractivity contribution in [2.75, 3.05) is 0 Å². The first-order valence-electron chi connectivity index (χ1n) is 14.5. The van der Waals surface area contributed by atoms with Crippen molar-refractivity contribution in [1.29, 1.82) is 0 Å². The van der Waals surface area contributed by atoms with Gasteiger partial charge in [0.05, 0.1) is 0 Å². The van der Waals surface area contributed by atoms with Crippen molar-refractivity contribution in [3.8, 4) is 0 Å². The fourth-order valence-electron chi connectivity index (χ4n) is 6.61. The first kappa shape index (κ1) is 33.7. The van der Waals surface area contributed by atoms with Gasteiger partial charge in [0.2, 0.25) is 0 Å². The third kappa shape index (κ3) is 5.67. The Balaban J connectivity index is 0.00000147. The molecule has 215 valence electrons. The third-order valence-corrected chi connectivity index (χ3v) is 9.08. The number of rotatable bonds is 4. The van der Waals surface area contributed by atoms with E-state index in [2.05, 4.69) is 149 Å². The van der Waals surface area contributed by atoms with E-state index in [1.54, 1.807) is 0 Å². The summed E-state index contributed by atoms with van der Waals surface area (Å²) in [6, 6.07) is 37.4. The van der Waals surface area contributed by atoms with E-state index in [9.17, 15) is 0 Å². The number of hydrogen-bond acceptors (Lipinski definition) is 0. The monoisotopic (exact) mass is 685 g/mol. The van der Waals surface area contributed by atoms with E-state index >= 15 is 0 Å². The summed E-state index contributed by atoms with van der Waals surface area (Å²) >= 11 is 0. The molecule has 44 heavy (non-hydrogen) atoms. The van der Waals surface area contributed by atoms with Crippen LogP contribution in [0.4, 0.5) is 0 Å².